The van der Waals surface area contributed by atoms with Gasteiger partial charge in [-0.1, -0.05) is 60.5 Å². The number of hydrogen-bond acceptors (Lipinski definition) is 5. The van der Waals surface area contributed by atoms with Gasteiger partial charge in [0.15, 0.2) is 0 Å². The number of amides is 2. The van der Waals surface area contributed by atoms with Gasteiger partial charge in [-0.2, -0.15) is 0 Å². The van der Waals surface area contributed by atoms with Gasteiger partial charge in [0, 0.05) is 18.7 Å². The molecule has 0 bridgehead atoms. The van der Waals surface area contributed by atoms with Crippen LogP contribution in [0.5, 0.6) is 0 Å². The maximum Gasteiger partial charge on any atom is 0.333 e. The minimum Gasteiger partial charge on any atom is -0.463 e. The molecule has 0 aromatic rings. The minimum atomic E-state index is -0.377. The van der Waals surface area contributed by atoms with Gasteiger partial charge in [-0.05, 0) is 65.0 Å². The van der Waals surface area contributed by atoms with Crippen molar-refractivity contribution in [3.8, 4) is 0 Å². The molecule has 0 saturated carbocycles. The van der Waals surface area contributed by atoms with Crippen LogP contribution in [0.1, 0.15) is 94.4 Å². The van der Waals surface area contributed by atoms with Crippen LogP contribution < -0.4 is 5.32 Å². The average Bonchev–Trinajstić information content (AvgIpc) is 2.84. The summed E-state index contributed by atoms with van der Waals surface area (Å²) in [4.78, 5) is 38.1. The fourth-order valence-electron chi connectivity index (χ4n) is 3.51. The number of likely N-dealkylation sites (tertiary alicyclic amines) is 1. The van der Waals surface area contributed by atoms with Crippen molar-refractivity contribution in [3.05, 3.63) is 11.6 Å². The number of nitrogens with zero attached hydrogens (tertiary/aromatic N) is 2. The molecule has 2 amide bonds. The van der Waals surface area contributed by atoms with Gasteiger partial charge in [-0.25, -0.2) is 4.79 Å². The molecule has 3 atom stereocenters. The zero-order chi connectivity index (χ0) is 27.4. The highest BCUT2D eigenvalue weighted by Crippen LogP contribution is 2.17. The summed E-state index contributed by atoms with van der Waals surface area (Å²) in [5.74, 6) is 0.428. The number of nitrogens with one attached hydrogen (secondary N) is 1. The van der Waals surface area contributed by atoms with Gasteiger partial charge >= 0.3 is 5.97 Å². The summed E-state index contributed by atoms with van der Waals surface area (Å²) < 4.78 is 4.95. The van der Waals surface area contributed by atoms with E-state index in [0.29, 0.717) is 18.6 Å². The Hall–Kier alpha value is -1.89. The quantitative estimate of drug-likeness (QED) is 0.246. The normalized spacial score (nSPS) is 16.5. The maximum atomic E-state index is 12.0. The Morgan fingerprint density at radius 1 is 1.00 bits per heavy atom. The van der Waals surface area contributed by atoms with E-state index in [-0.39, 0.29) is 30.4 Å². The number of ether oxygens (including phenoxy) is 1. The molecule has 1 unspecified atom stereocenters. The minimum absolute atomic E-state index is 0.0563. The summed E-state index contributed by atoms with van der Waals surface area (Å²) in [5, 5.41) is 2.35. The second-order valence-electron chi connectivity index (χ2n) is 10.0. The van der Waals surface area contributed by atoms with E-state index in [0.717, 1.165) is 18.4 Å². The molecule has 35 heavy (non-hydrogen) atoms. The van der Waals surface area contributed by atoms with Gasteiger partial charge in [-0.3, -0.25) is 9.59 Å². The van der Waals surface area contributed by atoms with Crippen LogP contribution in [0, 0.1) is 11.8 Å². The molecule has 7 heteroatoms. The number of rotatable bonds is 11. The molecule has 1 rings (SSSR count). The van der Waals surface area contributed by atoms with E-state index in [1.165, 1.54) is 38.8 Å². The Morgan fingerprint density at radius 3 is 1.97 bits per heavy atom. The predicted molar refractivity (Wildman–Crippen MR) is 146 cm³/mol. The topological polar surface area (TPSA) is 79.0 Å². The van der Waals surface area contributed by atoms with Gasteiger partial charge in [-0.15, -0.1) is 0 Å². The first kappa shape index (κ1) is 35.3. The molecule has 7 nitrogen and oxygen atoms in total. The van der Waals surface area contributed by atoms with Crippen molar-refractivity contribution in [2.24, 2.45) is 11.8 Å². The predicted octanol–water partition coefficient (Wildman–Crippen LogP) is 5.05. The lowest BCUT2D eigenvalue weighted by molar-refractivity contribution is -0.138. The largest absolute Gasteiger partial charge is 0.463 e. The molecule has 0 aromatic heterocycles. The number of hydrogen-bond donors (Lipinski definition) is 1. The lowest BCUT2D eigenvalue weighted by Crippen LogP contribution is -2.44. The maximum absolute atomic E-state index is 12.0. The van der Waals surface area contributed by atoms with Crippen molar-refractivity contribution in [2.75, 3.05) is 33.3 Å². The molecule has 0 spiro atoms. The van der Waals surface area contributed by atoms with Crippen molar-refractivity contribution in [2.45, 2.75) is 107 Å². The lowest BCUT2D eigenvalue weighted by atomic mass is 9.95. The molecule has 1 aliphatic heterocycles. The molecule has 1 aliphatic rings. The highest BCUT2D eigenvalue weighted by molar-refractivity contribution is 5.88. The third-order valence-electron chi connectivity index (χ3n) is 6.03. The Labute approximate surface area is 216 Å². The fourth-order valence-corrected chi connectivity index (χ4v) is 3.51. The standard InChI is InChI=1S/C15H26N2O4.C9H19N.C4H10/c1-6-11(3)13(8-12(4)15(20)21-7-2)17(5)14(19)9-16-10-18;1-3-9(2)10-7-5-4-6-8-10;1-4(2)3/h8,10-11,13H,6-7,9H2,1-5H3,(H,16,18);9H,3-8H2,1-2H3;4H,1-3H3/b12-8+;;/t11-,13+;;/m0../s1. The zero-order valence-electron chi connectivity index (χ0n) is 24.4. The first-order valence-corrected chi connectivity index (χ1v) is 13.5. The average molecular weight is 498 g/mol. The van der Waals surface area contributed by atoms with Gasteiger partial charge < -0.3 is 19.9 Å². The molecule has 1 N–H and O–H groups in total. The summed E-state index contributed by atoms with van der Waals surface area (Å²) in [6.45, 7) is 21.5. The highest BCUT2D eigenvalue weighted by Gasteiger charge is 2.23. The number of esters is 1. The van der Waals surface area contributed by atoms with E-state index in [9.17, 15) is 14.4 Å². The van der Waals surface area contributed by atoms with Crippen LogP contribution in [0.3, 0.4) is 0 Å². The van der Waals surface area contributed by atoms with Crippen molar-refractivity contribution in [1.82, 2.24) is 15.1 Å². The Morgan fingerprint density at radius 2 is 1.54 bits per heavy atom. The molecule has 0 radical (unpaired) electrons. The summed E-state index contributed by atoms with van der Waals surface area (Å²) in [6.07, 6.45) is 8.70. The first-order valence-electron chi connectivity index (χ1n) is 13.5. The third kappa shape index (κ3) is 17.2. The van der Waals surface area contributed by atoms with Crippen LogP contribution in [0.15, 0.2) is 11.6 Å². The third-order valence-corrected chi connectivity index (χ3v) is 6.03. The van der Waals surface area contributed by atoms with E-state index < -0.39 is 0 Å². The first-order chi connectivity index (χ1) is 16.5. The van der Waals surface area contributed by atoms with Crippen molar-refractivity contribution in [1.29, 1.82) is 0 Å². The summed E-state index contributed by atoms with van der Waals surface area (Å²) in [6, 6.07) is 0.598. The number of carbonyl (C=O) groups is 3. The number of likely N-dealkylation sites (N-methyl/N-ethyl adjacent to an activating group) is 1. The second-order valence-corrected chi connectivity index (χ2v) is 10.0. The van der Waals surface area contributed by atoms with Gasteiger partial charge in [0.25, 0.3) is 0 Å². The molecule has 0 aromatic carbocycles. The molecule has 1 heterocycles. The van der Waals surface area contributed by atoms with Crippen LogP contribution >= 0.6 is 0 Å². The summed E-state index contributed by atoms with van der Waals surface area (Å²) in [5.41, 5.74) is 0.477. The van der Waals surface area contributed by atoms with Crippen molar-refractivity contribution in [3.63, 3.8) is 0 Å². The van der Waals surface area contributed by atoms with Crippen LogP contribution in [0.25, 0.3) is 0 Å². The molecular formula is C28H55N3O4. The molecule has 1 fully saturated rings. The second kappa shape index (κ2) is 21.4. The fraction of sp³-hybridized carbons (Fsp3) is 0.821. The Kier molecular flexibility index (Phi) is 21.6. The van der Waals surface area contributed by atoms with E-state index in [1.54, 1.807) is 31.9 Å². The summed E-state index contributed by atoms with van der Waals surface area (Å²) >= 11 is 0. The number of piperidine rings is 1. The Bertz CT molecular complexity index is 598. The van der Waals surface area contributed by atoms with Crippen LogP contribution in [-0.4, -0.2) is 73.5 Å². The van der Waals surface area contributed by atoms with Crippen LogP contribution in [0.4, 0.5) is 0 Å². The van der Waals surface area contributed by atoms with E-state index in [4.69, 9.17) is 4.74 Å². The van der Waals surface area contributed by atoms with Crippen LogP contribution in [-0.2, 0) is 19.1 Å². The smallest absolute Gasteiger partial charge is 0.333 e. The number of carbonyl (C=O) groups excluding carboxylic acids is 3. The van der Waals surface area contributed by atoms with Crippen LogP contribution in [0.2, 0.25) is 0 Å². The van der Waals surface area contributed by atoms with Gasteiger partial charge in [0.2, 0.25) is 12.3 Å². The molecule has 0 aliphatic carbocycles. The van der Waals surface area contributed by atoms with E-state index in [1.807, 2.05) is 13.8 Å². The van der Waals surface area contributed by atoms with E-state index >= 15 is 0 Å². The lowest BCUT2D eigenvalue weighted by Gasteiger charge is -2.31. The van der Waals surface area contributed by atoms with Gasteiger partial charge in [0.05, 0.1) is 19.2 Å². The molecule has 1 saturated heterocycles. The highest BCUT2D eigenvalue weighted by atomic mass is 16.5. The monoisotopic (exact) mass is 497 g/mol. The van der Waals surface area contributed by atoms with Gasteiger partial charge in [0.1, 0.15) is 0 Å². The van der Waals surface area contributed by atoms with Crippen molar-refractivity contribution >= 4 is 18.3 Å². The Balaban J connectivity index is 0. The molecule has 206 valence electrons. The SMILES string of the molecule is CC(C)C.CCC(C)N1CCCCC1.CCOC(=O)/C(C)=C/[C@H]([C@@H](C)CC)N(C)C(=O)CNC=O. The zero-order valence-corrected chi connectivity index (χ0v) is 24.4. The molecular weight excluding hydrogens is 442 g/mol. The summed E-state index contributed by atoms with van der Waals surface area (Å²) in [7, 11) is 1.67. The van der Waals surface area contributed by atoms with E-state index in [2.05, 4.69) is 44.8 Å². The van der Waals surface area contributed by atoms with Crippen molar-refractivity contribution < 1.29 is 19.1 Å².